The second-order valence-corrected chi connectivity index (χ2v) is 4.56. The van der Waals surface area contributed by atoms with E-state index in [0.29, 0.717) is 0 Å². The van der Waals surface area contributed by atoms with E-state index in [4.69, 9.17) is 0 Å². The van der Waals surface area contributed by atoms with Crippen LogP contribution in [-0.4, -0.2) is 21.7 Å². The molecule has 0 saturated carbocycles. The minimum atomic E-state index is -4.77. The van der Waals surface area contributed by atoms with Crippen molar-refractivity contribution in [2.75, 3.05) is 0 Å². The van der Waals surface area contributed by atoms with E-state index in [1.54, 1.807) is 0 Å². The van der Waals surface area contributed by atoms with Gasteiger partial charge in [-0.05, 0) is 26.3 Å². The van der Waals surface area contributed by atoms with Gasteiger partial charge in [0.15, 0.2) is 0 Å². The minimum absolute atomic E-state index is 0.275. The Labute approximate surface area is 91.3 Å². The summed E-state index contributed by atoms with van der Waals surface area (Å²) in [5, 5.41) is 3.92. The first-order valence-corrected chi connectivity index (χ1v) is 4.75. The molecule has 0 amide bonds. The van der Waals surface area contributed by atoms with E-state index in [-0.39, 0.29) is 11.1 Å². The first-order valence-electron chi connectivity index (χ1n) is 4.75. The van der Waals surface area contributed by atoms with Crippen molar-refractivity contribution in [3.8, 4) is 0 Å². The van der Waals surface area contributed by atoms with Crippen molar-refractivity contribution in [2.24, 2.45) is 0 Å². The van der Waals surface area contributed by atoms with Crippen LogP contribution in [-0.2, 0) is 16.8 Å². The summed E-state index contributed by atoms with van der Waals surface area (Å²) in [6, 6.07) is 0. The first kappa shape index (κ1) is 12.7. The molecule has 90 valence electrons. The quantitative estimate of drug-likeness (QED) is 0.787. The van der Waals surface area contributed by atoms with Crippen LogP contribution in [0.5, 0.6) is 0 Å². The van der Waals surface area contributed by atoms with Gasteiger partial charge in [0.2, 0.25) is 5.78 Å². The molecule has 1 rings (SSSR count). The number of Topliss-reactive ketones (excluding diaryl/α,β-unsaturated/α-hetero) is 1. The summed E-state index contributed by atoms with van der Waals surface area (Å²) < 4.78 is 37.5. The van der Waals surface area contributed by atoms with Gasteiger partial charge >= 0.3 is 6.18 Å². The van der Waals surface area contributed by atoms with Crippen LogP contribution in [0.2, 0.25) is 0 Å². The molecule has 0 N–H and O–H groups in total. The van der Waals surface area contributed by atoms with Crippen LogP contribution in [0.3, 0.4) is 0 Å². The van der Waals surface area contributed by atoms with E-state index in [0.717, 1.165) is 0 Å². The van der Waals surface area contributed by atoms with Crippen molar-refractivity contribution in [2.45, 2.75) is 38.9 Å². The van der Waals surface area contributed by atoms with E-state index < -0.39 is 18.4 Å². The Balaban J connectivity index is 2.78. The normalized spacial score (nSPS) is 12.9. The average molecular weight is 234 g/mol. The predicted octanol–water partition coefficient (Wildman–Crippen LogP) is 2.31. The zero-order chi connectivity index (χ0) is 12.6. The molecule has 0 aliphatic rings. The molecule has 0 atom stereocenters. The van der Waals surface area contributed by atoms with Gasteiger partial charge in [-0.3, -0.25) is 9.48 Å². The van der Waals surface area contributed by atoms with Gasteiger partial charge in [-0.1, -0.05) is 0 Å². The molecule has 0 fully saturated rings. The number of rotatable bonds is 2. The van der Waals surface area contributed by atoms with Gasteiger partial charge in [-0.15, -0.1) is 0 Å². The second-order valence-electron chi connectivity index (χ2n) is 4.56. The molecule has 0 spiro atoms. The molecule has 0 saturated heterocycles. The molecular weight excluding hydrogens is 221 g/mol. The van der Waals surface area contributed by atoms with Crippen LogP contribution in [0.25, 0.3) is 0 Å². The maximum Gasteiger partial charge on any atom is 0.450 e. The fraction of sp³-hybridized carbons (Fsp3) is 0.600. The highest BCUT2D eigenvalue weighted by Gasteiger charge is 2.38. The van der Waals surface area contributed by atoms with Crippen molar-refractivity contribution in [1.29, 1.82) is 0 Å². The number of carbonyl (C=O) groups is 1. The van der Waals surface area contributed by atoms with E-state index >= 15 is 0 Å². The van der Waals surface area contributed by atoms with Crippen LogP contribution in [0.1, 0.15) is 26.3 Å². The highest BCUT2D eigenvalue weighted by molar-refractivity contribution is 5.85. The summed E-state index contributed by atoms with van der Waals surface area (Å²) in [6.07, 6.45) is -2.68. The second kappa shape index (κ2) is 3.92. The SMILES string of the molecule is CC(C)(C)n1cc(CC(=O)C(F)(F)F)cn1. The van der Waals surface area contributed by atoms with E-state index in [1.807, 2.05) is 20.8 Å². The predicted molar refractivity (Wildman–Crippen MR) is 52.0 cm³/mol. The molecule has 1 aromatic heterocycles. The third-order valence-corrected chi connectivity index (χ3v) is 2.00. The summed E-state index contributed by atoms with van der Waals surface area (Å²) in [5.41, 5.74) is -0.0308. The van der Waals surface area contributed by atoms with Crippen LogP contribution in [0.4, 0.5) is 13.2 Å². The molecule has 0 bridgehead atoms. The molecule has 16 heavy (non-hydrogen) atoms. The lowest BCUT2D eigenvalue weighted by Crippen LogP contribution is -2.24. The highest BCUT2D eigenvalue weighted by Crippen LogP contribution is 2.19. The average Bonchev–Trinajstić information content (AvgIpc) is 2.49. The monoisotopic (exact) mass is 234 g/mol. The lowest BCUT2D eigenvalue weighted by atomic mass is 10.1. The van der Waals surface area contributed by atoms with Gasteiger partial charge in [-0.25, -0.2) is 0 Å². The number of halogens is 3. The Morgan fingerprint density at radius 1 is 1.38 bits per heavy atom. The molecular formula is C10H13F3N2O. The Kier molecular flexibility index (Phi) is 3.12. The van der Waals surface area contributed by atoms with Gasteiger partial charge in [0, 0.05) is 12.6 Å². The Morgan fingerprint density at radius 2 is 1.94 bits per heavy atom. The van der Waals surface area contributed by atoms with E-state index in [1.165, 1.54) is 17.1 Å². The standard InChI is InChI=1S/C10H13F3N2O/c1-9(2,3)15-6-7(5-14-15)4-8(16)10(11,12)13/h5-6H,4H2,1-3H3. The molecule has 1 aromatic rings. The molecule has 1 heterocycles. The molecule has 0 aliphatic carbocycles. The van der Waals surface area contributed by atoms with Crippen LogP contribution < -0.4 is 0 Å². The number of alkyl halides is 3. The van der Waals surface area contributed by atoms with Crippen molar-refractivity contribution < 1.29 is 18.0 Å². The summed E-state index contributed by atoms with van der Waals surface area (Å²) in [5.74, 6) is -1.75. The number of hydrogen-bond acceptors (Lipinski definition) is 2. The van der Waals surface area contributed by atoms with Crippen molar-refractivity contribution >= 4 is 5.78 Å². The lowest BCUT2D eigenvalue weighted by molar-refractivity contribution is -0.170. The smallest absolute Gasteiger partial charge is 0.289 e. The third-order valence-electron chi connectivity index (χ3n) is 2.00. The van der Waals surface area contributed by atoms with Crippen molar-refractivity contribution in [3.63, 3.8) is 0 Å². The number of hydrogen-bond donors (Lipinski definition) is 0. The topological polar surface area (TPSA) is 34.9 Å². The Morgan fingerprint density at radius 3 is 2.31 bits per heavy atom. The Bertz CT molecular complexity index is 388. The van der Waals surface area contributed by atoms with Gasteiger partial charge in [-0.2, -0.15) is 18.3 Å². The summed E-state index contributed by atoms with van der Waals surface area (Å²) in [4.78, 5) is 10.7. The molecule has 6 heteroatoms. The third kappa shape index (κ3) is 3.08. The van der Waals surface area contributed by atoms with Gasteiger partial charge < -0.3 is 0 Å². The lowest BCUT2D eigenvalue weighted by Gasteiger charge is -2.18. The minimum Gasteiger partial charge on any atom is -0.289 e. The highest BCUT2D eigenvalue weighted by atomic mass is 19.4. The number of nitrogens with zero attached hydrogens (tertiary/aromatic N) is 2. The van der Waals surface area contributed by atoms with Crippen molar-refractivity contribution in [1.82, 2.24) is 9.78 Å². The van der Waals surface area contributed by atoms with Gasteiger partial charge in [0.25, 0.3) is 0 Å². The van der Waals surface area contributed by atoms with Gasteiger partial charge in [0.05, 0.1) is 11.7 Å². The van der Waals surface area contributed by atoms with Crippen LogP contribution >= 0.6 is 0 Å². The van der Waals surface area contributed by atoms with E-state index in [9.17, 15) is 18.0 Å². The largest absolute Gasteiger partial charge is 0.450 e. The number of carbonyl (C=O) groups excluding carboxylic acids is 1. The number of aromatic nitrogens is 2. The summed E-state index contributed by atoms with van der Waals surface area (Å²) in [7, 11) is 0. The molecule has 3 nitrogen and oxygen atoms in total. The fourth-order valence-corrected chi connectivity index (χ4v) is 1.10. The molecule has 0 aliphatic heterocycles. The summed E-state index contributed by atoms with van der Waals surface area (Å²) in [6.45, 7) is 5.61. The van der Waals surface area contributed by atoms with Crippen LogP contribution in [0, 0.1) is 0 Å². The van der Waals surface area contributed by atoms with E-state index in [2.05, 4.69) is 5.10 Å². The molecule has 0 aromatic carbocycles. The zero-order valence-corrected chi connectivity index (χ0v) is 9.30. The van der Waals surface area contributed by atoms with Crippen molar-refractivity contribution in [3.05, 3.63) is 18.0 Å². The zero-order valence-electron chi connectivity index (χ0n) is 9.30. The maximum atomic E-state index is 12.0. The Hall–Kier alpha value is -1.33. The van der Waals surface area contributed by atoms with Crippen LogP contribution in [0.15, 0.2) is 12.4 Å². The number of ketones is 1. The summed E-state index contributed by atoms with van der Waals surface area (Å²) >= 11 is 0. The van der Waals surface area contributed by atoms with Gasteiger partial charge in [0.1, 0.15) is 0 Å². The first-order chi connectivity index (χ1) is 7.10. The molecule has 0 radical (unpaired) electrons. The fourth-order valence-electron chi connectivity index (χ4n) is 1.10. The molecule has 0 unspecified atom stereocenters. The maximum absolute atomic E-state index is 12.0.